The van der Waals surface area contributed by atoms with Crippen LogP contribution in [0.4, 0.5) is 4.39 Å². The van der Waals surface area contributed by atoms with E-state index in [2.05, 4.69) is 40.0 Å². The highest BCUT2D eigenvalue weighted by molar-refractivity contribution is 9.10. The van der Waals surface area contributed by atoms with Gasteiger partial charge < -0.3 is 19.7 Å². The predicted octanol–water partition coefficient (Wildman–Crippen LogP) is 5.45. The number of likely N-dealkylation sites (N-methyl/N-ethyl adjacent to an activating group) is 1. The van der Waals surface area contributed by atoms with Gasteiger partial charge in [-0.15, -0.1) is 24.8 Å². The Bertz CT molecular complexity index is 734. The highest BCUT2D eigenvalue weighted by atomic mass is 79.9. The van der Waals surface area contributed by atoms with E-state index in [0.29, 0.717) is 17.1 Å². The summed E-state index contributed by atoms with van der Waals surface area (Å²) >= 11 is 3.55. The van der Waals surface area contributed by atoms with Crippen LogP contribution in [0.15, 0.2) is 40.9 Å². The van der Waals surface area contributed by atoms with Gasteiger partial charge in [-0.25, -0.2) is 4.39 Å². The first-order valence-electron chi connectivity index (χ1n) is 9.24. The summed E-state index contributed by atoms with van der Waals surface area (Å²) in [5, 5.41) is 3.46. The van der Waals surface area contributed by atoms with Crippen molar-refractivity contribution in [2.24, 2.45) is 0 Å². The third-order valence-electron chi connectivity index (χ3n) is 4.45. The molecule has 0 saturated carbocycles. The third-order valence-corrected chi connectivity index (χ3v) is 5.04. The van der Waals surface area contributed by atoms with Crippen LogP contribution in [-0.2, 0) is 13.2 Å². The van der Waals surface area contributed by atoms with Gasteiger partial charge >= 0.3 is 0 Å². The zero-order valence-corrected chi connectivity index (χ0v) is 20.3. The maximum absolute atomic E-state index is 13.8. The van der Waals surface area contributed by atoms with Crippen LogP contribution in [0.5, 0.6) is 11.5 Å². The average molecular weight is 512 g/mol. The molecule has 0 spiro atoms. The molecule has 0 radical (unpaired) electrons. The zero-order valence-electron chi connectivity index (χ0n) is 17.0. The van der Waals surface area contributed by atoms with Crippen LogP contribution >= 0.6 is 40.7 Å². The van der Waals surface area contributed by atoms with E-state index >= 15 is 0 Å². The van der Waals surface area contributed by atoms with Crippen molar-refractivity contribution in [1.82, 2.24) is 10.2 Å². The molecule has 29 heavy (non-hydrogen) atoms. The van der Waals surface area contributed by atoms with Crippen molar-refractivity contribution in [3.63, 3.8) is 0 Å². The van der Waals surface area contributed by atoms with Gasteiger partial charge in [-0.3, -0.25) is 0 Å². The first kappa shape index (κ1) is 27.9. The normalized spacial score (nSPS) is 10.3. The van der Waals surface area contributed by atoms with Gasteiger partial charge in [0.2, 0.25) is 0 Å². The van der Waals surface area contributed by atoms with E-state index in [1.165, 1.54) is 6.07 Å². The van der Waals surface area contributed by atoms with E-state index in [9.17, 15) is 4.39 Å². The Labute approximate surface area is 194 Å². The lowest BCUT2D eigenvalue weighted by molar-refractivity contribution is 0.277. The molecule has 8 heteroatoms. The molecular formula is C21H30BrCl2FN2O2. The number of halogens is 4. The quantitative estimate of drug-likeness (QED) is 0.406. The lowest BCUT2D eigenvalue weighted by atomic mass is 10.2. The van der Waals surface area contributed by atoms with Crippen LogP contribution in [0.3, 0.4) is 0 Å². The van der Waals surface area contributed by atoms with E-state index in [1.807, 2.05) is 12.1 Å². The summed E-state index contributed by atoms with van der Waals surface area (Å²) in [5.41, 5.74) is 1.60. The Morgan fingerprint density at radius 3 is 2.41 bits per heavy atom. The van der Waals surface area contributed by atoms with Crippen LogP contribution in [0, 0.1) is 5.82 Å². The molecule has 0 unspecified atom stereocenters. The fourth-order valence-corrected chi connectivity index (χ4v) is 3.39. The Hall–Kier alpha value is -1.05. The van der Waals surface area contributed by atoms with Gasteiger partial charge in [0, 0.05) is 25.2 Å². The summed E-state index contributed by atoms with van der Waals surface area (Å²) < 4.78 is 25.9. The number of benzene rings is 2. The largest absolute Gasteiger partial charge is 0.493 e. The fourth-order valence-electron chi connectivity index (χ4n) is 2.79. The molecule has 164 valence electrons. The van der Waals surface area contributed by atoms with Crippen LogP contribution in [-0.4, -0.2) is 38.2 Å². The first-order valence-corrected chi connectivity index (χ1v) is 10.0. The molecule has 0 aromatic heterocycles. The summed E-state index contributed by atoms with van der Waals surface area (Å²) in [6, 6.07) is 10.6. The van der Waals surface area contributed by atoms with Crippen molar-refractivity contribution in [3.05, 3.63) is 57.8 Å². The Morgan fingerprint density at radius 2 is 1.79 bits per heavy atom. The van der Waals surface area contributed by atoms with Crippen LogP contribution < -0.4 is 14.8 Å². The van der Waals surface area contributed by atoms with Crippen LogP contribution in [0.2, 0.25) is 0 Å². The second kappa shape index (κ2) is 14.9. The molecule has 0 aliphatic rings. The Balaban J connectivity index is 0.00000392. The minimum Gasteiger partial charge on any atom is -0.493 e. The second-order valence-corrected chi connectivity index (χ2v) is 7.05. The monoisotopic (exact) mass is 510 g/mol. The molecule has 0 aliphatic carbocycles. The molecule has 0 saturated heterocycles. The number of nitrogens with one attached hydrogen (secondary N) is 1. The number of rotatable bonds is 11. The van der Waals surface area contributed by atoms with E-state index in [0.717, 1.165) is 42.8 Å². The molecule has 0 amide bonds. The van der Waals surface area contributed by atoms with Gasteiger partial charge in [0.25, 0.3) is 0 Å². The fraction of sp³-hybridized carbons (Fsp3) is 0.429. The zero-order chi connectivity index (χ0) is 19.6. The summed E-state index contributed by atoms with van der Waals surface area (Å²) in [7, 11) is 1.61. The van der Waals surface area contributed by atoms with E-state index in [-0.39, 0.29) is 37.2 Å². The molecule has 0 bridgehead atoms. The van der Waals surface area contributed by atoms with Gasteiger partial charge in [0.05, 0.1) is 11.6 Å². The van der Waals surface area contributed by atoms with Crippen LogP contribution in [0.1, 0.15) is 25.0 Å². The van der Waals surface area contributed by atoms with Gasteiger partial charge in [-0.05, 0) is 52.8 Å². The molecule has 0 fully saturated rings. The Morgan fingerprint density at radius 1 is 1.10 bits per heavy atom. The predicted molar refractivity (Wildman–Crippen MR) is 125 cm³/mol. The number of hydrogen-bond donors (Lipinski definition) is 1. The van der Waals surface area contributed by atoms with E-state index in [1.54, 1.807) is 25.3 Å². The molecular weight excluding hydrogens is 482 g/mol. The number of hydrogen-bond acceptors (Lipinski definition) is 4. The SMILES string of the molecule is CCN(CC)CCNCc1cc(Br)c(OCc2ccccc2F)c(OC)c1.Cl.Cl. The van der Waals surface area contributed by atoms with Gasteiger partial charge in [0.15, 0.2) is 11.5 Å². The molecule has 0 atom stereocenters. The molecule has 1 N–H and O–H groups in total. The number of nitrogens with zero attached hydrogens (tertiary/aromatic N) is 1. The topological polar surface area (TPSA) is 33.7 Å². The average Bonchev–Trinajstić information content (AvgIpc) is 2.68. The standard InChI is InChI=1S/C21H28BrFN2O2.2ClH/c1-4-25(5-2)11-10-24-14-16-12-18(22)21(20(13-16)26-3)27-15-17-8-6-7-9-19(17)23;;/h6-9,12-13,24H,4-5,10-11,14-15H2,1-3H3;2*1H. The van der Waals surface area contributed by atoms with Crippen molar-refractivity contribution in [2.45, 2.75) is 27.0 Å². The van der Waals surface area contributed by atoms with Crippen molar-refractivity contribution in [3.8, 4) is 11.5 Å². The molecule has 2 rings (SSSR count). The Kier molecular flexibility index (Phi) is 14.3. The van der Waals surface area contributed by atoms with E-state index in [4.69, 9.17) is 9.47 Å². The van der Waals surface area contributed by atoms with E-state index < -0.39 is 0 Å². The minimum atomic E-state index is -0.276. The molecule has 0 heterocycles. The van der Waals surface area contributed by atoms with Gasteiger partial charge in [-0.2, -0.15) is 0 Å². The first-order chi connectivity index (χ1) is 13.1. The van der Waals surface area contributed by atoms with Crippen molar-refractivity contribution < 1.29 is 13.9 Å². The summed E-state index contributed by atoms with van der Waals surface area (Å²) in [4.78, 5) is 2.38. The maximum atomic E-state index is 13.8. The summed E-state index contributed by atoms with van der Waals surface area (Å²) in [6.07, 6.45) is 0. The highest BCUT2D eigenvalue weighted by Gasteiger charge is 2.13. The second-order valence-electron chi connectivity index (χ2n) is 6.19. The lowest BCUT2D eigenvalue weighted by Gasteiger charge is -2.18. The lowest BCUT2D eigenvalue weighted by Crippen LogP contribution is -2.31. The molecule has 4 nitrogen and oxygen atoms in total. The van der Waals surface area contributed by atoms with Gasteiger partial charge in [0.1, 0.15) is 12.4 Å². The van der Waals surface area contributed by atoms with Crippen LogP contribution in [0.25, 0.3) is 0 Å². The van der Waals surface area contributed by atoms with Gasteiger partial charge in [-0.1, -0.05) is 32.0 Å². The summed E-state index contributed by atoms with van der Waals surface area (Å²) in [5.74, 6) is 0.926. The maximum Gasteiger partial charge on any atom is 0.175 e. The molecule has 2 aromatic rings. The molecule has 0 aliphatic heterocycles. The van der Waals surface area contributed by atoms with Crippen molar-refractivity contribution in [2.75, 3.05) is 33.3 Å². The van der Waals surface area contributed by atoms with Crippen molar-refractivity contribution in [1.29, 1.82) is 0 Å². The minimum absolute atomic E-state index is 0. The summed E-state index contributed by atoms with van der Waals surface area (Å²) in [6.45, 7) is 9.30. The third kappa shape index (κ3) is 8.69. The highest BCUT2D eigenvalue weighted by Crippen LogP contribution is 2.37. The number of ether oxygens (including phenoxy) is 2. The smallest absolute Gasteiger partial charge is 0.175 e. The number of methoxy groups -OCH3 is 1. The molecule has 2 aromatic carbocycles. The van der Waals surface area contributed by atoms with Crippen molar-refractivity contribution >= 4 is 40.7 Å².